The van der Waals surface area contributed by atoms with Gasteiger partial charge in [-0.2, -0.15) is 5.10 Å². The van der Waals surface area contributed by atoms with Gasteiger partial charge in [0.25, 0.3) is 0 Å². The summed E-state index contributed by atoms with van der Waals surface area (Å²) in [5, 5.41) is 16.1. The van der Waals surface area contributed by atoms with E-state index in [2.05, 4.69) is 10.4 Å². The van der Waals surface area contributed by atoms with E-state index < -0.39 is 12.0 Å². The minimum Gasteiger partial charge on any atom is -0.480 e. The highest BCUT2D eigenvalue weighted by Crippen LogP contribution is 2.36. The highest BCUT2D eigenvalue weighted by atomic mass is 16.5. The molecule has 2 rings (SSSR count). The van der Waals surface area contributed by atoms with Crippen molar-refractivity contribution < 1.29 is 19.4 Å². The summed E-state index contributed by atoms with van der Waals surface area (Å²) in [7, 11) is 1.84. The number of hydrogen-bond donors (Lipinski definition) is 2. The summed E-state index contributed by atoms with van der Waals surface area (Å²) in [5.74, 6) is -1.46. The van der Waals surface area contributed by atoms with Gasteiger partial charge in [0.1, 0.15) is 6.04 Å². The van der Waals surface area contributed by atoms with Gasteiger partial charge >= 0.3 is 5.97 Å². The van der Waals surface area contributed by atoms with Gasteiger partial charge in [0.05, 0.1) is 18.2 Å². The van der Waals surface area contributed by atoms with E-state index in [1.165, 1.54) is 0 Å². The van der Waals surface area contributed by atoms with Crippen LogP contribution < -0.4 is 5.32 Å². The number of aromatic nitrogens is 2. The first-order valence-electron chi connectivity index (χ1n) is 7.94. The van der Waals surface area contributed by atoms with Crippen molar-refractivity contribution >= 4 is 11.9 Å². The van der Waals surface area contributed by atoms with Gasteiger partial charge in [0.2, 0.25) is 5.91 Å². The van der Waals surface area contributed by atoms with Crippen molar-refractivity contribution in [3.63, 3.8) is 0 Å². The lowest BCUT2D eigenvalue weighted by Crippen LogP contribution is -2.44. The number of carboxylic acids is 1. The first kappa shape index (κ1) is 17.5. The van der Waals surface area contributed by atoms with Crippen molar-refractivity contribution in [2.75, 3.05) is 6.61 Å². The number of ether oxygens (including phenoxy) is 1. The molecule has 23 heavy (non-hydrogen) atoms. The Morgan fingerprint density at radius 3 is 2.74 bits per heavy atom. The number of rotatable bonds is 6. The number of aryl methyl sites for hydroxylation is 1. The van der Waals surface area contributed by atoms with Crippen LogP contribution in [0, 0.1) is 18.8 Å². The molecule has 0 aliphatic carbocycles. The number of carboxylic acid groups (broad SMARTS) is 1. The minimum absolute atomic E-state index is 0.188. The van der Waals surface area contributed by atoms with Crippen molar-refractivity contribution in [2.45, 2.75) is 45.8 Å². The van der Waals surface area contributed by atoms with Crippen LogP contribution in [-0.4, -0.2) is 39.4 Å². The summed E-state index contributed by atoms with van der Waals surface area (Å²) in [4.78, 5) is 23.9. The summed E-state index contributed by atoms with van der Waals surface area (Å²) >= 11 is 0. The first-order chi connectivity index (χ1) is 10.8. The average molecular weight is 323 g/mol. The maximum absolute atomic E-state index is 12.6. The van der Waals surface area contributed by atoms with E-state index in [4.69, 9.17) is 4.74 Å². The zero-order valence-electron chi connectivity index (χ0n) is 14.1. The van der Waals surface area contributed by atoms with Crippen LogP contribution in [0.4, 0.5) is 0 Å². The molecular weight excluding hydrogens is 298 g/mol. The number of carbonyl (C=O) groups is 2. The molecule has 2 N–H and O–H groups in total. The quantitative estimate of drug-likeness (QED) is 0.826. The molecular formula is C16H25N3O4. The highest BCUT2D eigenvalue weighted by Gasteiger charge is 2.38. The van der Waals surface area contributed by atoms with Crippen molar-refractivity contribution in [1.29, 1.82) is 0 Å². The van der Waals surface area contributed by atoms with Gasteiger partial charge in [-0.25, -0.2) is 4.79 Å². The summed E-state index contributed by atoms with van der Waals surface area (Å²) < 4.78 is 7.47. The number of nitrogens with zero attached hydrogens (tertiary/aromatic N) is 2. The van der Waals surface area contributed by atoms with Gasteiger partial charge in [0.15, 0.2) is 0 Å². The van der Waals surface area contributed by atoms with Crippen LogP contribution in [0.2, 0.25) is 0 Å². The van der Waals surface area contributed by atoms with Crippen LogP contribution in [0.15, 0.2) is 6.20 Å². The fraction of sp³-hybridized carbons (Fsp3) is 0.688. The predicted octanol–water partition coefficient (Wildman–Crippen LogP) is 1.42. The van der Waals surface area contributed by atoms with Crippen molar-refractivity contribution in [1.82, 2.24) is 15.1 Å². The maximum atomic E-state index is 12.6. The molecule has 1 aromatic rings. The summed E-state index contributed by atoms with van der Waals surface area (Å²) in [5.41, 5.74) is 1.84. The molecule has 0 unspecified atom stereocenters. The third kappa shape index (κ3) is 3.90. The van der Waals surface area contributed by atoms with Gasteiger partial charge in [-0.3, -0.25) is 9.48 Å². The normalized spacial score (nSPS) is 22.3. The Kier molecular flexibility index (Phi) is 5.41. The van der Waals surface area contributed by atoms with Gasteiger partial charge in [-0.15, -0.1) is 0 Å². The lowest BCUT2D eigenvalue weighted by Gasteiger charge is -2.22. The van der Waals surface area contributed by atoms with Gasteiger partial charge in [-0.1, -0.05) is 13.8 Å². The molecule has 0 radical (unpaired) electrons. The average Bonchev–Trinajstić information content (AvgIpc) is 3.05. The molecule has 0 bridgehead atoms. The molecule has 128 valence electrons. The van der Waals surface area contributed by atoms with Crippen molar-refractivity contribution in [3.8, 4) is 0 Å². The van der Waals surface area contributed by atoms with E-state index in [-0.39, 0.29) is 23.8 Å². The molecule has 7 nitrogen and oxygen atoms in total. The lowest BCUT2D eigenvalue weighted by atomic mass is 9.94. The molecule has 1 aliphatic rings. The van der Waals surface area contributed by atoms with E-state index in [1.54, 1.807) is 10.9 Å². The van der Waals surface area contributed by atoms with E-state index >= 15 is 0 Å². The largest absolute Gasteiger partial charge is 0.480 e. The molecule has 3 atom stereocenters. The number of carbonyl (C=O) groups excluding carboxylic acids is 1. The minimum atomic E-state index is -1.000. The van der Waals surface area contributed by atoms with Crippen LogP contribution in [0.3, 0.4) is 0 Å². The predicted molar refractivity (Wildman–Crippen MR) is 83.8 cm³/mol. The third-order valence-electron chi connectivity index (χ3n) is 4.33. The van der Waals surface area contributed by atoms with Crippen LogP contribution >= 0.6 is 0 Å². The fourth-order valence-corrected chi connectivity index (χ4v) is 2.93. The Morgan fingerprint density at radius 1 is 1.52 bits per heavy atom. The van der Waals surface area contributed by atoms with Crippen LogP contribution in [0.25, 0.3) is 0 Å². The second-order valence-electron chi connectivity index (χ2n) is 6.52. The molecule has 2 heterocycles. The van der Waals surface area contributed by atoms with E-state index in [0.717, 1.165) is 11.3 Å². The molecule has 0 aromatic carbocycles. The Labute approximate surface area is 136 Å². The van der Waals surface area contributed by atoms with Crippen LogP contribution in [0.1, 0.15) is 44.1 Å². The van der Waals surface area contributed by atoms with Gasteiger partial charge in [0, 0.05) is 24.9 Å². The number of amides is 1. The Hall–Kier alpha value is -1.89. The van der Waals surface area contributed by atoms with E-state index in [0.29, 0.717) is 19.4 Å². The van der Waals surface area contributed by atoms with Gasteiger partial charge in [-0.05, 0) is 25.7 Å². The zero-order chi connectivity index (χ0) is 17.1. The molecule has 0 saturated carbocycles. The topological polar surface area (TPSA) is 93.4 Å². The maximum Gasteiger partial charge on any atom is 0.326 e. The molecule has 1 aliphatic heterocycles. The molecule has 1 fully saturated rings. The Morgan fingerprint density at radius 2 is 2.22 bits per heavy atom. The molecule has 1 aromatic heterocycles. The summed E-state index contributed by atoms with van der Waals surface area (Å²) in [6, 6.07) is -0.862. The van der Waals surface area contributed by atoms with E-state index in [1.807, 2.05) is 27.8 Å². The Bertz CT molecular complexity index is 582. The standard InChI is InChI=1S/C16H25N3O4/c1-9(2)7-13(16(21)22)18-15(20)11-5-6-23-14(11)12-8-17-19(4)10(12)3/h8-9,11,13-14H,5-7H2,1-4H3,(H,18,20)(H,21,22)/t11-,13+,14-/m0/s1. The second-order valence-corrected chi connectivity index (χ2v) is 6.52. The number of nitrogens with one attached hydrogen (secondary N) is 1. The fourth-order valence-electron chi connectivity index (χ4n) is 2.93. The first-order valence-corrected chi connectivity index (χ1v) is 7.94. The third-order valence-corrected chi connectivity index (χ3v) is 4.33. The van der Waals surface area contributed by atoms with Crippen LogP contribution in [-0.2, 0) is 21.4 Å². The molecule has 1 amide bonds. The van der Waals surface area contributed by atoms with E-state index in [9.17, 15) is 14.7 Å². The summed E-state index contributed by atoms with van der Waals surface area (Å²) in [6.07, 6.45) is 2.34. The molecule has 7 heteroatoms. The van der Waals surface area contributed by atoms with Crippen molar-refractivity contribution in [2.24, 2.45) is 18.9 Å². The second kappa shape index (κ2) is 7.12. The molecule has 0 spiro atoms. The lowest BCUT2D eigenvalue weighted by molar-refractivity contribution is -0.143. The van der Waals surface area contributed by atoms with Crippen molar-refractivity contribution in [3.05, 3.63) is 17.5 Å². The Balaban J connectivity index is 2.11. The van der Waals surface area contributed by atoms with Gasteiger partial charge < -0.3 is 15.2 Å². The zero-order valence-corrected chi connectivity index (χ0v) is 14.1. The van der Waals surface area contributed by atoms with Crippen LogP contribution in [0.5, 0.6) is 0 Å². The monoisotopic (exact) mass is 323 g/mol. The highest BCUT2D eigenvalue weighted by molar-refractivity contribution is 5.85. The summed E-state index contributed by atoms with van der Waals surface area (Å²) in [6.45, 7) is 6.28. The number of aliphatic carboxylic acids is 1. The smallest absolute Gasteiger partial charge is 0.326 e. The molecule has 1 saturated heterocycles. The SMILES string of the molecule is Cc1c([C@H]2OCC[C@@H]2C(=O)N[C@H](CC(C)C)C(=O)O)cnn1C. The number of hydrogen-bond acceptors (Lipinski definition) is 4.